The maximum absolute atomic E-state index is 4.89. The Hall–Kier alpha value is -4.76. The van der Waals surface area contributed by atoms with E-state index in [9.17, 15) is 0 Å². The van der Waals surface area contributed by atoms with E-state index < -0.39 is 0 Å². The number of nitrogens with zero attached hydrogens (tertiary/aromatic N) is 2. The van der Waals surface area contributed by atoms with E-state index in [0.717, 1.165) is 39.1 Å². The van der Waals surface area contributed by atoms with Crippen molar-refractivity contribution < 1.29 is 0 Å². The summed E-state index contributed by atoms with van der Waals surface area (Å²) in [7, 11) is 0. The fourth-order valence-corrected chi connectivity index (χ4v) is 4.59. The largest absolute Gasteiger partial charge is 0.359 e. The summed E-state index contributed by atoms with van der Waals surface area (Å²) < 4.78 is 0. The molecule has 1 N–H and O–H groups in total. The van der Waals surface area contributed by atoms with Crippen LogP contribution in [0.5, 0.6) is 0 Å². The van der Waals surface area contributed by atoms with E-state index in [1.54, 1.807) is 6.20 Å². The zero-order chi connectivity index (χ0) is 24.2. The number of allylic oxidation sites excluding steroid dienone is 1. The third-order valence-electron chi connectivity index (χ3n) is 6.47. The first kappa shape index (κ1) is 21.8. The van der Waals surface area contributed by atoms with E-state index in [-0.39, 0.29) is 6.17 Å². The van der Waals surface area contributed by atoms with Crippen LogP contribution in [-0.2, 0) is 0 Å². The molecule has 4 aromatic carbocycles. The molecule has 0 radical (unpaired) electrons. The van der Waals surface area contributed by atoms with Gasteiger partial charge in [-0.25, -0.2) is 0 Å². The quantitative estimate of drug-likeness (QED) is 0.291. The van der Waals surface area contributed by atoms with Crippen LogP contribution in [0.3, 0.4) is 0 Å². The van der Waals surface area contributed by atoms with Gasteiger partial charge in [0.05, 0.1) is 5.70 Å². The van der Waals surface area contributed by atoms with Crippen molar-refractivity contribution in [3.8, 4) is 22.3 Å². The van der Waals surface area contributed by atoms with Gasteiger partial charge in [0.15, 0.2) is 0 Å². The Labute approximate surface area is 211 Å². The van der Waals surface area contributed by atoms with Crippen LogP contribution in [-0.4, -0.2) is 11.2 Å². The van der Waals surface area contributed by atoms with E-state index in [1.165, 1.54) is 11.1 Å². The van der Waals surface area contributed by atoms with Gasteiger partial charge in [-0.1, -0.05) is 109 Å². The first-order chi connectivity index (χ1) is 17.8. The van der Waals surface area contributed by atoms with Gasteiger partial charge in [0, 0.05) is 29.7 Å². The summed E-state index contributed by atoms with van der Waals surface area (Å²) in [6.45, 7) is 0. The predicted octanol–water partition coefficient (Wildman–Crippen LogP) is 7.66. The van der Waals surface area contributed by atoms with E-state index in [1.807, 2.05) is 30.6 Å². The molecule has 0 saturated carbocycles. The maximum Gasteiger partial charge on any atom is 0.144 e. The lowest BCUT2D eigenvalue weighted by molar-refractivity contribution is 0.669. The van der Waals surface area contributed by atoms with Crippen molar-refractivity contribution in [1.82, 2.24) is 10.3 Å². The van der Waals surface area contributed by atoms with Gasteiger partial charge in [-0.05, 0) is 45.5 Å². The van der Waals surface area contributed by atoms with Crippen LogP contribution in [0.15, 0.2) is 139 Å². The molecular weight excluding hydrogens is 438 g/mol. The molecule has 2 heterocycles. The van der Waals surface area contributed by atoms with Crippen LogP contribution in [0, 0.1) is 0 Å². The number of hydrogen-bond donors (Lipinski definition) is 1. The molecule has 1 aliphatic rings. The Morgan fingerprint density at radius 1 is 0.528 bits per heavy atom. The molecule has 1 aromatic heterocycles. The summed E-state index contributed by atoms with van der Waals surface area (Å²) in [6.07, 6.45) is 5.57. The Morgan fingerprint density at radius 3 is 1.92 bits per heavy atom. The van der Waals surface area contributed by atoms with E-state index >= 15 is 0 Å². The minimum Gasteiger partial charge on any atom is -0.359 e. The molecule has 0 saturated heterocycles. The monoisotopic (exact) mass is 463 g/mol. The normalized spacial score (nSPS) is 14.9. The number of benzene rings is 4. The molecular formula is C33H25N3. The Bertz CT molecular complexity index is 1520. The highest BCUT2D eigenvalue weighted by atomic mass is 15.1. The lowest BCUT2D eigenvalue weighted by Gasteiger charge is -2.26. The van der Waals surface area contributed by atoms with Crippen LogP contribution in [0.4, 0.5) is 0 Å². The fraction of sp³-hybridized carbons (Fsp3) is 0.0303. The second kappa shape index (κ2) is 9.85. The average molecular weight is 464 g/mol. The number of rotatable bonds is 5. The van der Waals surface area contributed by atoms with Gasteiger partial charge in [-0.3, -0.25) is 9.98 Å². The molecule has 1 aliphatic heterocycles. The smallest absolute Gasteiger partial charge is 0.144 e. The molecule has 5 aromatic rings. The van der Waals surface area contributed by atoms with Gasteiger partial charge in [-0.2, -0.15) is 0 Å². The molecule has 3 heteroatoms. The highest BCUT2D eigenvalue weighted by molar-refractivity contribution is 6.20. The molecule has 0 fully saturated rings. The summed E-state index contributed by atoms with van der Waals surface area (Å²) in [6, 6.07) is 42.2. The van der Waals surface area contributed by atoms with Crippen LogP contribution >= 0.6 is 0 Å². The first-order valence-electron chi connectivity index (χ1n) is 12.1. The number of pyridine rings is 1. The van der Waals surface area contributed by atoms with Crippen molar-refractivity contribution in [1.29, 1.82) is 0 Å². The summed E-state index contributed by atoms with van der Waals surface area (Å²) in [5.41, 5.74) is 10.1. The highest BCUT2D eigenvalue weighted by Gasteiger charge is 2.20. The molecule has 0 aliphatic carbocycles. The van der Waals surface area contributed by atoms with Crippen LogP contribution in [0.25, 0.3) is 33.5 Å². The summed E-state index contributed by atoms with van der Waals surface area (Å²) in [5, 5.41) is 3.72. The van der Waals surface area contributed by atoms with Gasteiger partial charge >= 0.3 is 0 Å². The lowest BCUT2D eigenvalue weighted by atomic mass is 9.94. The Kier molecular flexibility index (Phi) is 5.95. The van der Waals surface area contributed by atoms with Gasteiger partial charge in [-0.15, -0.1) is 0 Å². The SMILES string of the molecule is C1=NC(c2ccccc2)NC(c2ccc(-c3ccccc3)cc2)=C1c1cccc(-c2cccnc2)c1. The van der Waals surface area contributed by atoms with E-state index in [4.69, 9.17) is 4.99 Å². The van der Waals surface area contributed by atoms with Crippen LogP contribution in [0.1, 0.15) is 22.9 Å². The summed E-state index contributed by atoms with van der Waals surface area (Å²) in [5.74, 6) is 0. The zero-order valence-electron chi connectivity index (χ0n) is 19.8. The van der Waals surface area contributed by atoms with Gasteiger partial charge in [0.25, 0.3) is 0 Å². The second-order valence-electron chi connectivity index (χ2n) is 8.79. The third-order valence-corrected chi connectivity index (χ3v) is 6.47. The van der Waals surface area contributed by atoms with Crippen molar-refractivity contribution in [3.05, 3.63) is 150 Å². The molecule has 1 atom stereocenters. The Balaban J connectivity index is 1.43. The Morgan fingerprint density at radius 2 is 1.17 bits per heavy atom. The van der Waals surface area contributed by atoms with Crippen molar-refractivity contribution >= 4 is 17.5 Å². The van der Waals surface area contributed by atoms with E-state index in [2.05, 4.69) is 113 Å². The molecule has 0 amide bonds. The second-order valence-corrected chi connectivity index (χ2v) is 8.79. The van der Waals surface area contributed by atoms with E-state index in [0.29, 0.717) is 0 Å². The highest BCUT2D eigenvalue weighted by Crippen LogP contribution is 2.33. The number of aliphatic imine (C=N–C) groups is 1. The minimum atomic E-state index is -0.139. The van der Waals surface area contributed by atoms with Crippen molar-refractivity contribution in [2.45, 2.75) is 6.17 Å². The molecule has 6 rings (SSSR count). The standard InChI is InChI=1S/C33H25N3/c1-3-9-24(10-4-1)25-16-18-26(19-17-25)32-31(23-35-33(36-32)27-11-5-2-6-12-27)29-14-7-13-28(21-29)30-15-8-20-34-22-30/h1-23,33,36H. The molecule has 1 unspecified atom stereocenters. The van der Waals surface area contributed by atoms with Crippen molar-refractivity contribution in [2.24, 2.45) is 4.99 Å². The predicted molar refractivity (Wildman–Crippen MR) is 149 cm³/mol. The molecule has 0 bridgehead atoms. The molecule has 0 spiro atoms. The van der Waals surface area contributed by atoms with Crippen molar-refractivity contribution in [3.63, 3.8) is 0 Å². The lowest BCUT2D eigenvalue weighted by Crippen LogP contribution is -2.23. The fourth-order valence-electron chi connectivity index (χ4n) is 4.59. The zero-order valence-corrected chi connectivity index (χ0v) is 19.8. The number of hydrogen-bond acceptors (Lipinski definition) is 3. The topological polar surface area (TPSA) is 37.3 Å². The van der Waals surface area contributed by atoms with Gasteiger partial charge in [0.1, 0.15) is 6.17 Å². The number of nitrogens with one attached hydrogen (secondary N) is 1. The summed E-state index contributed by atoms with van der Waals surface area (Å²) in [4.78, 5) is 9.19. The van der Waals surface area contributed by atoms with Gasteiger partial charge < -0.3 is 5.32 Å². The van der Waals surface area contributed by atoms with Crippen molar-refractivity contribution in [2.75, 3.05) is 0 Å². The van der Waals surface area contributed by atoms with Crippen LogP contribution < -0.4 is 5.32 Å². The number of aromatic nitrogens is 1. The summed E-state index contributed by atoms with van der Waals surface area (Å²) >= 11 is 0. The molecule has 36 heavy (non-hydrogen) atoms. The minimum absolute atomic E-state index is 0.139. The third kappa shape index (κ3) is 4.47. The molecule has 172 valence electrons. The first-order valence-corrected chi connectivity index (χ1v) is 12.1. The van der Waals surface area contributed by atoms with Gasteiger partial charge in [0.2, 0.25) is 0 Å². The van der Waals surface area contributed by atoms with Crippen LogP contribution in [0.2, 0.25) is 0 Å². The molecule has 3 nitrogen and oxygen atoms in total. The maximum atomic E-state index is 4.89. The average Bonchev–Trinajstić information content (AvgIpc) is 2.98.